The fourth-order valence-corrected chi connectivity index (χ4v) is 5.29. The van der Waals surface area contributed by atoms with Crippen LogP contribution in [0.25, 0.3) is 0 Å². The monoisotopic (exact) mass is 582 g/mol. The van der Waals surface area contributed by atoms with E-state index in [0.717, 1.165) is 44.2 Å². The lowest BCUT2D eigenvalue weighted by atomic mass is 10.1. The van der Waals surface area contributed by atoms with Gasteiger partial charge in [-0.1, -0.05) is 29.8 Å². The van der Waals surface area contributed by atoms with Crippen LogP contribution in [0.3, 0.4) is 0 Å². The van der Waals surface area contributed by atoms with Gasteiger partial charge in [-0.2, -0.15) is 5.10 Å². The van der Waals surface area contributed by atoms with Gasteiger partial charge in [0.25, 0.3) is 11.8 Å². The van der Waals surface area contributed by atoms with Crippen molar-refractivity contribution in [2.24, 2.45) is 5.10 Å². The number of likely N-dealkylation sites (tertiary alicyclic amines) is 1. The highest BCUT2D eigenvalue weighted by molar-refractivity contribution is 7.92. The molecule has 0 atom stereocenters. The third-order valence-electron chi connectivity index (χ3n) is 6.42. The summed E-state index contributed by atoms with van der Waals surface area (Å²) in [7, 11) is -3.60. The Morgan fingerprint density at radius 3 is 2.33 bits per heavy atom. The van der Waals surface area contributed by atoms with E-state index < -0.39 is 15.9 Å². The molecule has 0 aliphatic carbocycles. The normalized spacial score (nSPS) is 13.7. The van der Waals surface area contributed by atoms with E-state index in [1.54, 1.807) is 60.7 Å². The fraction of sp³-hybridized carbons (Fsp3) is 0.276. The van der Waals surface area contributed by atoms with Crippen molar-refractivity contribution in [3.05, 3.63) is 94.5 Å². The van der Waals surface area contributed by atoms with Crippen LogP contribution >= 0.6 is 11.6 Å². The zero-order valence-electron chi connectivity index (χ0n) is 22.1. The number of ether oxygens (including phenoxy) is 1. The van der Waals surface area contributed by atoms with Crippen LogP contribution in [-0.4, -0.2) is 57.3 Å². The van der Waals surface area contributed by atoms with E-state index in [1.807, 2.05) is 4.90 Å². The van der Waals surface area contributed by atoms with Crippen molar-refractivity contribution in [3.8, 4) is 5.75 Å². The third-order valence-corrected chi connectivity index (χ3v) is 7.93. The molecule has 4 rings (SSSR count). The van der Waals surface area contributed by atoms with Crippen molar-refractivity contribution < 1.29 is 22.7 Å². The first kappa shape index (κ1) is 29.1. The quantitative estimate of drug-likeness (QED) is 0.280. The molecule has 1 saturated heterocycles. The van der Waals surface area contributed by atoms with Gasteiger partial charge < -0.3 is 9.64 Å². The number of carbonyl (C=O) groups excluding carboxylic acids is 2. The Labute approximate surface area is 239 Å². The smallest absolute Gasteiger partial charge is 0.271 e. The molecular weight excluding hydrogens is 552 g/mol. The summed E-state index contributed by atoms with van der Waals surface area (Å²) in [5, 5.41) is 4.47. The lowest BCUT2D eigenvalue weighted by Crippen LogP contribution is -2.38. The van der Waals surface area contributed by atoms with Gasteiger partial charge in [0.15, 0.2) is 6.61 Å². The van der Waals surface area contributed by atoms with Gasteiger partial charge in [0.2, 0.25) is 10.0 Å². The molecule has 1 aliphatic heterocycles. The topological polar surface area (TPSA) is 108 Å². The van der Waals surface area contributed by atoms with Gasteiger partial charge in [0, 0.05) is 23.7 Å². The van der Waals surface area contributed by atoms with Gasteiger partial charge in [0.1, 0.15) is 5.75 Å². The van der Waals surface area contributed by atoms with Gasteiger partial charge in [-0.05, 0) is 85.0 Å². The van der Waals surface area contributed by atoms with Gasteiger partial charge in [0.05, 0.1) is 24.7 Å². The molecule has 210 valence electrons. The van der Waals surface area contributed by atoms with Gasteiger partial charge in [-0.15, -0.1) is 0 Å². The molecule has 0 aromatic heterocycles. The highest BCUT2D eigenvalue weighted by Crippen LogP contribution is 2.24. The predicted molar refractivity (Wildman–Crippen MR) is 156 cm³/mol. The highest BCUT2D eigenvalue weighted by Gasteiger charge is 2.20. The third kappa shape index (κ3) is 8.06. The van der Waals surface area contributed by atoms with E-state index in [9.17, 15) is 18.0 Å². The summed E-state index contributed by atoms with van der Waals surface area (Å²) in [5.41, 5.74) is 4.58. The van der Waals surface area contributed by atoms with Crippen molar-refractivity contribution in [1.29, 1.82) is 0 Å². The lowest BCUT2D eigenvalue weighted by Gasteiger charge is -2.26. The molecule has 1 aliphatic rings. The largest absolute Gasteiger partial charge is 0.484 e. The maximum Gasteiger partial charge on any atom is 0.271 e. The molecule has 0 unspecified atom stereocenters. The molecule has 11 heteroatoms. The maximum absolute atomic E-state index is 12.6. The number of nitrogens with one attached hydrogen (secondary N) is 1. The number of hydrogen-bond donors (Lipinski definition) is 1. The number of amides is 2. The molecule has 3 aromatic rings. The van der Waals surface area contributed by atoms with Crippen LogP contribution in [0.5, 0.6) is 5.75 Å². The molecular formula is C29H31ClN4O5S. The summed E-state index contributed by atoms with van der Waals surface area (Å²) in [6, 6.07) is 20.2. The van der Waals surface area contributed by atoms with Crippen LogP contribution < -0.4 is 14.5 Å². The van der Waals surface area contributed by atoms with E-state index in [2.05, 4.69) is 10.5 Å². The molecule has 0 spiro atoms. The van der Waals surface area contributed by atoms with Crippen molar-refractivity contribution >= 4 is 45.3 Å². The number of benzene rings is 3. The average molecular weight is 583 g/mol. The molecule has 2 amide bonds. The number of piperidine rings is 1. The van der Waals surface area contributed by atoms with Gasteiger partial charge in [-0.25, -0.2) is 13.8 Å². The van der Waals surface area contributed by atoms with E-state index in [-0.39, 0.29) is 19.1 Å². The number of hydrogen-bond acceptors (Lipinski definition) is 6. The first-order chi connectivity index (χ1) is 19.2. The molecule has 3 aromatic carbocycles. The maximum atomic E-state index is 12.6. The Hall–Kier alpha value is -3.89. The molecule has 9 nitrogen and oxygen atoms in total. The number of halogens is 1. The number of rotatable bonds is 10. The Kier molecular flexibility index (Phi) is 9.79. The summed E-state index contributed by atoms with van der Waals surface area (Å²) >= 11 is 6.22. The summed E-state index contributed by atoms with van der Waals surface area (Å²) in [5.74, 6) is 0.117. The van der Waals surface area contributed by atoms with Crippen molar-refractivity contribution in [2.45, 2.75) is 25.8 Å². The lowest BCUT2D eigenvalue weighted by molar-refractivity contribution is -0.134. The van der Waals surface area contributed by atoms with E-state index in [4.69, 9.17) is 16.3 Å². The van der Waals surface area contributed by atoms with Crippen molar-refractivity contribution in [2.75, 3.05) is 30.3 Å². The Bertz CT molecular complexity index is 1450. The molecule has 0 saturated carbocycles. The second-order valence-electron chi connectivity index (χ2n) is 9.41. The Morgan fingerprint density at radius 1 is 1.00 bits per heavy atom. The zero-order chi connectivity index (χ0) is 28.5. The second-order valence-corrected chi connectivity index (χ2v) is 11.7. The summed E-state index contributed by atoms with van der Waals surface area (Å²) in [4.78, 5) is 26.6. The first-order valence-corrected chi connectivity index (χ1v) is 15.1. The highest BCUT2D eigenvalue weighted by atomic mass is 35.5. The minimum atomic E-state index is -3.60. The summed E-state index contributed by atoms with van der Waals surface area (Å²) in [6.07, 6.45) is 5.84. The Balaban J connectivity index is 1.30. The second kappa shape index (κ2) is 13.5. The van der Waals surface area contributed by atoms with E-state index in [0.29, 0.717) is 27.6 Å². The van der Waals surface area contributed by atoms with E-state index >= 15 is 0 Å². The number of anilines is 1. The minimum absolute atomic E-state index is 0.00420. The Morgan fingerprint density at radius 2 is 1.68 bits per heavy atom. The molecule has 0 bridgehead atoms. The summed E-state index contributed by atoms with van der Waals surface area (Å²) < 4.78 is 31.7. The van der Waals surface area contributed by atoms with Crippen LogP contribution in [0.2, 0.25) is 5.02 Å². The zero-order valence-corrected chi connectivity index (χ0v) is 23.7. The van der Waals surface area contributed by atoms with Crippen LogP contribution in [0.15, 0.2) is 77.9 Å². The molecule has 40 heavy (non-hydrogen) atoms. The molecule has 1 fully saturated rings. The van der Waals surface area contributed by atoms with Crippen LogP contribution in [0.4, 0.5) is 5.69 Å². The van der Waals surface area contributed by atoms with Crippen molar-refractivity contribution in [3.63, 3.8) is 0 Å². The van der Waals surface area contributed by atoms with Crippen molar-refractivity contribution in [1.82, 2.24) is 10.3 Å². The number of carbonyl (C=O) groups is 2. The predicted octanol–water partition coefficient (Wildman–Crippen LogP) is 4.46. The number of hydrazone groups is 1. The number of sulfonamides is 1. The average Bonchev–Trinajstić information content (AvgIpc) is 2.96. The SMILES string of the molecule is CS(=O)(=O)N(Cc1ccccc1Cl)c1ccc(C(=O)N/N=C\c2ccc(OCC(=O)N3CCCCC3)cc2)cc1. The van der Waals surface area contributed by atoms with Gasteiger partial charge in [-0.3, -0.25) is 13.9 Å². The van der Waals surface area contributed by atoms with E-state index in [1.165, 1.54) is 22.7 Å². The molecule has 0 radical (unpaired) electrons. The molecule has 1 N–H and O–H groups in total. The van der Waals surface area contributed by atoms with Crippen LogP contribution in [0, 0.1) is 0 Å². The standard InChI is InChI=1S/C29H31ClN4O5S/c1-40(37,38)34(20-24-7-3-4-8-27(24)30)25-13-11-23(12-14-25)29(36)32-31-19-22-9-15-26(16-10-22)39-21-28(35)33-17-5-2-6-18-33/h3-4,7-16,19H,2,5-6,17-18,20-21H2,1H3,(H,32,36)/b31-19-. The van der Waals surface area contributed by atoms with Crippen LogP contribution in [0.1, 0.15) is 40.7 Å². The molecule has 1 heterocycles. The van der Waals surface area contributed by atoms with Crippen LogP contribution in [-0.2, 0) is 21.4 Å². The summed E-state index contributed by atoms with van der Waals surface area (Å²) in [6.45, 7) is 1.64. The first-order valence-electron chi connectivity index (χ1n) is 12.9. The number of nitrogens with zero attached hydrogens (tertiary/aromatic N) is 3. The van der Waals surface area contributed by atoms with Gasteiger partial charge >= 0.3 is 0 Å². The fourth-order valence-electron chi connectivity index (χ4n) is 4.22. The minimum Gasteiger partial charge on any atom is -0.484 e.